The summed E-state index contributed by atoms with van der Waals surface area (Å²) in [4.78, 5) is 25.8. The summed E-state index contributed by atoms with van der Waals surface area (Å²) in [5.41, 5.74) is 0. The Labute approximate surface area is 93.4 Å². The lowest BCUT2D eigenvalue weighted by Crippen LogP contribution is -2.41. The fourth-order valence-electron chi connectivity index (χ4n) is 0.951. The molecule has 2 amide bonds. The molecule has 0 aliphatic heterocycles. The molecule has 0 saturated carbocycles. The maximum Gasteiger partial charge on any atom is 0.241 e. The summed E-state index contributed by atoms with van der Waals surface area (Å²) in [6, 6.07) is 0. The molecular formula is C9H17BrN2O2. The number of carbonyl (C=O) groups is 2. The predicted octanol–water partition coefficient (Wildman–Crippen LogP) is 0.708. The molecule has 0 saturated heterocycles. The molecule has 0 aliphatic rings. The van der Waals surface area contributed by atoms with Gasteiger partial charge in [0.25, 0.3) is 0 Å². The Hall–Kier alpha value is -0.580. The summed E-state index contributed by atoms with van der Waals surface area (Å²) < 4.78 is 0. The first-order valence-electron chi connectivity index (χ1n) is 4.56. The highest BCUT2D eigenvalue weighted by atomic mass is 79.9. The van der Waals surface area contributed by atoms with Crippen LogP contribution in [-0.2, 0) is 9.59 Å². The van der Waals surface area contributed by atoms with Crippen LogP contribution in [0.5, 0.6) is 0 Å². The van der Waals surface area contributed by atoms with Crippen molar-refractivity contribution >= 4 is 27.7 Å². The minimum atomic E-state index is -0.0484. The third-order valence-electron chi connectivity index (χ3n) is 1.79. The third-order valence-corrected chi connectivity index (χ3v) is 2.27. The van der Waals surface area contributed by atoms with Gasteiger partial charge < -0.3 is 9.80 Å². The van der Waals surface area contributed by atoms with Gasteiger partial charge in [-0.1, -0.05) is 22.9 Å². The minimum absolute atomic E-state index is 0.0398. The number of nitrogens with zero attached hydrogens (tertiary/aromatic N) is 2. The van der Waals surface area contributed by atoms with E-state index in [4.69, 9.17) is 0 Å². The van der Waals surface area contributed by atoms with Crippen LogP contribution in [0, 0.1) is 0 Å². The number of hydrogen-bond donors (Lipinski definition) is 0. The monoisotopic (exact) mass is 264 g/mol. The van der Waals surface area contributed by atoms with E-state index in [2.05, 4.69) is 15.9 Å². The van der Waals surface area contributed by atoms with Crippen LogP contribution >= 0.6 is 15.9 Å². The smallest absolute Gasteiger partial charge is 0.241 e. The number of halogens is 1. The van der Waals surface area contributed by atoms with Crippen molar-refractivity contribution in [1.82, 2.24) is 9.80 Å². The maximum absolute atomic E-state index is 11.4. The molecule has 0 N–H and O–H groups in total. The van der Waals surface area contributed by atoms with E-state index in [1.54, 1.807) is 19.0 Å². The van der Waals surface area contributed by atoms with Crippen molar-refractivity contribution in [2.45, 2.75) is 13.3 Å². The van der Waals surface area contributed by atoms with Crippen LogP contribution in [-0.4, -0.2) is 54.1 Å². The molecule has 0 aromatic carbocycles. The van der Waals surface area contributed by atoms with Crippen molar-refractivity contribution in [3.63, 3.8) is 0 Å². The van der Waals surface area contributed by atoms with E-state index in [1.807, 2.05) is 6.92 Å². The lowest BCUT2D eigenvalue weighted by Gasteiger charge is -2.22. The molecule has 0 aromatic heterocycles. The molecule has 0 unspecified atom stereocenters. The molecular weight excluding hydrogens is 248 g/mol. The number of alkyl halides is 1. The SMILES string of the molecule is CCCN(CC(=O)N(C)C)C(=O)CBr. The van der Waals surface area contributed by atoms with Crippen LogP contribution in [0.1, 0.15) is 13.3 Å². The van der Waals surface area contributed by atoms with Crippen LogP contribution in [0.25, 0.3) is 0 Å². The molecule has 0 spiro atoms. The molecule has 0 rings (SSSR count). The van der Waals surface area contributed by atoms with Crippen LogP contribution in [0.2, 0.25) is 0 Å². The van der Waals surface area contributed by atoms with Gasteiger partial charge in [-0.05, 0) is 6.42 Å². The van der Waals surface area contributed by atoms with Gasteiger partial charge in [0.2, 0.25) is 11.8 Å². The van der Waals surface area contributed by atoms with Crippen molar-refractivity contribution in [2.24, 2.45) is 0 Å². The van der Waals surface area contributed by atoms with Gasteiger partial charge in [0.15, 0.2) is 0 Å². The summed E-state index contributed by atoms with van der Waals surface area (Å²) in [5.74, 6) is -0.0881. The zero-order valence-corrected chi connectivity index (χ0v) is 10.5. The van der Waals surface area contributed by atoms with Gasteiger partial charge >= 0.3 is 0 Å². The molecule has 82 valence electrons. The quantitative estimate of drug-likeness (QED) is 0.687. The van der Waals surface area contributed by atoms with E-state index in [-0.39, 0.29) is 23.7 Å². The second-order valence-corrected chi connectivity index (χ2v) is 3.80. The standard InChI is InChI=1S/C9H17BrN2O2/c1-4-5-12(8(13)6-10)7-9(14)11(2)3/h4-7H2,1-3H3. The number of carbonyl (C=O) groups excluding carboxylic acids is 2. The summed E-state index contributed by atoms with van der Waals surface area (Å²) in [6.45, 7) is 2.78. The predicted molar refractivity (Wildman–Crippen MR) is 59.4 cm³/mol. The van der Waals surface area contributed by atoms with E-state index < -0.39 is 0 Å². The van der Waals surface area contributed by atoms with Crippen LogP contribution in [0.3, 0.4) is 0 Å². The van der Waals surface area contributed by atoms with E-state index in [0.29, 0.717) is 6.54 Å². The summed E-state index contributed by atoms with van der Waals surface area (Å²) in [6.07, 6.45) is 0.861. The molecule has 0 fully saturated rings. The summed E-state index contributed by atoms with van der Waals surface area (Å²) >= 11 is 3.10. The molecule has 0 aliphatic carbocycles. The van der Waals surface area contributed by atoms with Gasteiger partial charge in [-0.15, -0.1) is 0 Å². The first-order chi connectivity index (χ1) is 6.52. The molecule has 0 atom stereocenters. The van der Waals surface area contributed by atoms with Crippen molar-refractivity contribution in [3.05, 3.63) is 0 Å². The minimum Gasteiger partial charge on any atom is -0.347 e. The Morgan fingerprint density at radius 2 is 1.79 bits per heavy atom. The Balaban J connectivity index is 4.22. The van der Waals surface area contributed by atoms with Gasteiger partial charge in [0, 0.05) is 20.6 Å². The molecule has 0 bridgehead atoms. The number of amides is 2. The maximum atomic E-state index is 11.4. The molecule has 5 heteroatoms. The zero-order valence-electron chi connectivity index (χ0n) is 8.92. The second kappa shape index (κ2) is 6.81. The lowest BCUT2D eigenvalue weighted by molar-refractivity contribution is -0.137. The van der Waals surface area contributed by atoms with Gasteiger partial charge in [-0.3, -0.25) is 9.59 Å². The van der Waals surface area contributed by atoms with Crippen molar-refractivity contribution in [3.8, 4) is 0 Å². The fourth-order valence-corrected chi connectivity index (χ4v) is 1.31. The molecule has 0 heterocycles. The Morgan fingerprint density at radius 3 is 2.14 bits per heavy atom. The molecule has 0 aromatic rings. The summed E-state index contributed by atoms with van der Waals surface area (Å²) in [5, 5.41) is 0.272. The first-order valence-corrected chi connectivity index (χ1v) is 5.69. The topological polar surface area (TPSA) is 40.6 Å². The van der Waals surface area contributed by atoms with Gasteiger partial charge in [-0.2, -0.15) is 0 Å². The van der Waals surface area contributed by atoms with E-state index in [0.717, 1.165) is 6.42 Å². The Morgan fingerprint density at radius 1 is 1.21 bits per heavy atom. The average Bonchev–Trinajstić information content (AvgIpc) is 2.15. The molecule has 0 radical (unpaired) electrons. The van der Waals surface area contributed by atoms with E-state index in [9.17, 15) is 9.59 Å². The lowest BCUT2D eigenvalue weighted by atomic mass is 10.3. The Bertz CT molecular complexity index is 205. The highest BCUT2D eigenvalue weighted by Crippen LogP contribution is 1.97. The highest BCUT2D eigenvalue weighted by molar-refractivity contribution is 9.09. The Kier molecular flexibility index (Phi) is 6.53. The van der Waals surface area contributed by atoms with Crippen LogP contribution in [0.15, 0.2) is 0 Å². The van der Waals surface area contributed by atoms with Gasteiger partial charge in [0.1, 0.15) is 0 Å². The van der Waals surface area contributed by atoms with Crippen molar-refractivity contribution in [1.29, 1.82) is 0 Å². The largest absolute Gasteiger partial charge is 0.347 e. The molecule has 14 heavy (non-hydrogen) atoms. The summed E-state index contributed by atoms with van der Waals surface area (Å²) in [7, 11) is 3.37. The van der Waals surface area contributed by atoms with E-state index in [1.165, 1.54) is 4.90 Å². The van der Waals surface area contributed by atoms with Crippen LogP contribution in [0.4, 0.5) is 0 Å². The van der Waals surface area contributed by atoms with Crippen molar-refractivity contribution < 1.29 is 9.59 Å². The number of likely N-dealkylation sites (N-methyl/N-ethyl adjacent to an activating group) is 1. The van der Waals surface area contributed by atoms with Gasteiger partial charge in [-0.25, -0.2) is 0 Å². The normalized spacial score (nSPS) is 9.71. The molecule has 4 nitrogen and oxygen atoms in total. The zero-order chi connectivity index (χ0) is 11.1. The van der Waals surface area contributed by atoms with Crippen LogP contribution < -0.4 is 0 Å². The van der Waals surface area contributed by atoms with E-state index >= 15 is 0 Å². The first kappa shape index (κ1) is 13.4. The second-order valence-electron chi connectivity index (χ2n) is 3.24. The fraction of sp³-hybridized carbons (Fsp3) is 0.778. The third kappa shape index (κ3) is 4.60. The number of hydrogen-bond acceptors (Lipinski definition) is 2. The van der Waals surface area contributed by atoms with Crippen molar-refractivity contribution in [2.75, 3.05) is 32.5 Å². The number of rotatable bonds is 5. The van der Waals surface area contributed by atoms with Gasteiger partial charge in [0.05, 0.1) is 11.9 Å². The highest BCUT2D eigenvalue weighted by Gasteiger charge is 2.15. The average molecular weight is 265 g/mol.